The molecule has 0 aromatic carbocycles. The highest BCUT2D eigenvalue weighted by atomic mass is 16.5. The maximum atomic E-state index is 9.91. The molecule has 0 spiro atoms. The summed E-state index contributed by atoms with van der Waals surface area (Å²) in [6.45, 7) is 9.13. The van der Waals surface area contributed by atoms with Crippen molar-refractivity contribution in [2.75, 3.05) is 40.0 Å². The number of aliphatic hydroxyl groups excluding tert-OH is 2. The van der Waals surface area contributed by atoms with Crippen molar-refractivity contribution in [3.8, 4) is 0 Å². The fraction of sp³-hybridized carbons (Fsp3) is 1.00. The average Bonchev–Trinajstić information content (AvgIpc) is 2.20. The van der Waals surface area contributed by atoms with Crippen LogP contribution >= 0.6 is 0 Å². The van der Waals surface area contributed by atoms with Gasteiger partial charge in [0.2, 0.25) is 0 Å². The molecule has 0 aliphatic carbocycles. The molecule has 0 heterocycles. The van der Waals surface area contributed by atoms with Gasteiger partial charge in [0.1, 0.15) is 0 Å². The molecule has 0 saturated carbocycles. The molecule has 0 radical (unpaired) electrons. The van der Waals surface area contributed by atoms with Gasteiger partial charge in [0, 0.05) is 26.7 Å². The van der Waals surface area contributed by atoms with Crippen molar-refractivity contribution in [1.82, 2.24) is 4.90 Å². The van der Waals surface area contributed by atoms with Gasteiger partial charge in [-0.1, -0.05) is 20.8 Å². The second-order valence-electron chi connectivity index (χ2n) is 5.23. The standard InChI is InChI=1S/C12H27NO3/c1-12(2,3)11(15)5-6-13(7-9-14)8-10-16-4/h11,14-15H,5-10H2,1-4H3. The van der Waals surface area contributed by atoms with E-state index >= 15 is 0 Å². The highest BCUT2D eigenvalue weighted by molar-refractivity contribution is 4.74. The number of methoxy groups -OCH3 is 1. The second kappa shape index (κ2) is 8.01. The smallest absolute Gasteiger partial charge is 0.0600 e. The van der Waals surface area contributed by atoms with Crippen molar-refractivity contribution in [3.63, 3.8) is 0 Å². The van der Waals surface area contributed by atoms with Crippen LogP contribution in [0.1, 0.15) is 27.2 Å². The van der Waals surface area contributed by atoms with Gasteiger partial charge in [0.15, 0.2) is 0 Å². The number of aliphatic hydroxyl groups is 2. The minimum absolute atomic E-state index is 0.0772. The van der Waals surface area contributed by atoms with E-state index in [0.717, 1.165) is 19.5 Å². The van der Waals surface area contributed by atoms with E-state index in [1.165, 1.54) is 0 Å². The molecule has 0 aromatic heterocycles. The fourth-order valence-electron chi connectivity index (χ4n) is 1.44. The largest absolute Gasteiger partial charge is 0.395 e. The van der Waals surface area contributed by atoms with Crippen LogP contribution in [0.4, 0.5) is 0 Å². The Hall–Kier alpha value is -0.160. The minimum atomic E-state index is -0.309. The molecule has 0 bridgehead atoms. The molecule has 0 rings (SSSR count). The van der Waals surface area contributed by atoms with Crippen LogP contribution in [0.2, 0.25) is 0 Å². The Balaban J connectivity index is 3.91. The molecule has 1 unspecified atom stereocenters. The van der Waals surface area contributed by atoms with Crippen LogP contribution in [0.5, 0.6) is 0 Å². The molecule has 0 aliphatic heterocycles. The van der Waals surface area contributed by atoms with Gasteiger partial charge in [-0.2, -0.15) is 0 Å². The Morgan fingerprint density at radius 3 is 2.25 bits per heavy atom. The number of nitrogens with zero attached hydrogens (tertiary/aromatic N) is 1. The van der Waals surface area contributed by atoms with Gasteiger partial charge in [-0.15, -0.1) is 0 Å². The molecule has 1 atom stereocenters. The van der Waals surface area contributed by atoms with Crippen LogP contribution in [0.3, 0.4) is 0 Å². The van der Waals surface area contributed by atoms with E-state index in [0.29, 0.717) is 13.2 Å². The normalized spacial score (nSPS) is 14.4. The summed E-state index contributed by atoms with van der Waals surface area (Å²) in [6.07, 6.45) is 0.420. The van der Waals surface area contributed by atoms with Crippen molar-refractivity contribution in [2.24, 2.45) is 5.41 Å². The Bertz CT molecular complexity index is 168. The lowest BCUT2D eigenvalue weighted by Gasteiger charge is -2.28. The average molecular weight is 233 g/mol. The van der Waals surface area contributed by atoms with Crippen LogP contribution in [-0.4, -0.2) is 61.2 Å². The molecular weight excluding hydrogens is 206 g/mol. The van der Waals surface area contributed by atoms with Gasteiger partial charge in [0.05, 0.1) is 19.3 Å². The number of hydrogen-bond acceptors (Lipinski definition) is 4. The van der Waals surface area contributed by atoms with Gasteiger partial charge in [-0.3, -0.25) is 4.90 Å². The monoisotopic (exact) mass is 233 g/mol. The summed E-state index contributed by atoms with van der Waals surface area (Å²) in [6, 6.07) is 0. The lowest BCUT2D eigenvalue weighted by molar-refractivity contribution is 0.0402. The van der Waals surface area contributed by atoms with Crippen molar-refractivity contribution >= 4 is 0 Å². The Morgan fingerprint density at radius 2 is 1.81 bits per heavy atom. The third-order valence-corrected chi connectivity index (χ3v) is 2.75. The summed E-state index contributed by atoms with van der Waals surface area (Å²) in [5.41, 5.74) is -0.0772. The molecule has 0 fully saturated rings. The molecule has 2 N–H and O–H groups in total. The molecule has 4 nitrogen and oxygen atoms in total. The lowest BCUT2D eigenvalue weighted by atomic mass is 9.87. The van der Waals surface area contributed by atoms with Crippen LogP contribution in [0.15, 0.2) is 0 Å². The van der Waals surface area contributed by atoms with E-state index in [4.69, 9.17) is 9.84 Å². The van der Waals surface area contributed by atoms with Gasteiger partial charge >= 0.3 is 0 Å². The molecule has 16 heavy (non-hydrogen) atoms. The third-order valence-electron chi connectivity index (χ3n) is 2.75. The fourth-order valence-corrected chi connectivity index (χ4v) is 1.44. The molecule has 4 heteroatoms. The first kappa shape index (κ1) is 15.8. The van der Waals surface area contributed by atoms with Crippen molar-refractivity contribution in [1.29, 1.82) is 0 Å². The van der Waals surface area contributed by atoms with Crippen LogP contribution in [-0.2, 0) is 4.74 Å². The number of hydrogen-bond donors (Lipinski definition) is 2. The predicted molar refractivity (Wildman–Crippen MR) is 65.5 cm³/mol. The van der Waals surface area contributed by atoms with Gasteiger partial charge in [0.25, 0.3) is 0 Å². The topological polar surface area (TPSA) is 52.9 Å². The van der Waals surface area contributed by atoms with E-state index in [-0.39, 0.29) is 18.1 Å². The minimum Gasteiger partial charge on any atom is -0.395 e. The highest BCUT2D eigenvalue weighted by Crippen LogP contribution is 2.21. The molecular formula is C12H27NO3. The van der Waals surface area contributed by atoms with E-state index in [2.05, 4.69) is 4.90 Å². The summed E-state index contributed by atoms with van der Waals surface area (Å²) in [5, 5.41) is 18.8. The summed E-state index contributed by atoms with van der Waals surface area (Å²) < 4.78 is 5.01. The maximum absolute atomic E-state index is 9.91. The van der Waals surface area contributed by atoms with Crippen LogP contribution in [0.25, 0.3) is 0 Å². The van der Waals surface area contributed by atoms with Crippen LogP contribution < -0.4 is 0 Å². The number of rotatable bonds is 8. The van der Waals surface area contributed by atoms with E-state index in [1.54, 1.807) is 7.11 Å². The molecule has 0 aliphatic rings. The summed E-state index contributed by atoms with van der Waals surface area (Å²) >= 11 is 0. The first-order valence-corrected chi connectivity index (χ1v) is 5.92. The highest BCUT2D eigenvalue weighted by Gasteiger charge is 2.22. The SMILES string of the molecule is COCCN(CCO)CCC(O)C(C)(C)C. The lowest BCUT2D eigenvalue weighted by Crippen LogP contribution is -2.35. The second-order valence-corrected chi connectivity index (χ2v) is 5.23. The van der Waals surface area contributed by atoms with Gasteiger partial charge < -0.3 is 14.9 Å². The van der Waals surface area contributed by atoms with E-state index < -0.39 is 0 Å². The Kier molecular flexibility index (Phi) is 7.93. The van der Waals surface area contributed by atoms with E-state index in [1.807, 2.05) is 20.8 Å². The molecule has 0 aromatic rings. The molecule has 98 valence electrons. The van der Waals surface area contributed by atoms with Crippen molar-refractivity contribution in [3.05, 3.63) is 0 Å². The van der Waals surface area contributed by atoms with Gasteiger partial charge in [-0.25, -0.2) is 0 Å². The summed E-state index contributed by atoms with van der Waals surface area (Å²) in [5.74, 6) is 0. The first-order valence-electron chi connectivity index (χ1n) is 5.92. The first-order chi connectivity index (χ1) is 7.41. The summed E-state index contributed by atoms with van der Waals surface area (Å²) in [4.78, 5) is 2.11. The number of ether oxygens (including phenoxy) is 1. The van der Waals surface area contributed by atoms with Crippen molar-refractivity contribution < 1.29 is 14.9 Å². The Labute approximate surface area is 99.2 Å². The van der Waals surface area contributed by atoms with Gasteiger partial charge in [-0.05, 0) is 11.8 Å². The van der Waals surface area contributed by atoms with E-state index in [9.17, 15) is 5.11 Å². The molecule has 0 saturated heterocycles. The summed E-state index contributed by atoms with van der Waals surface area (Å²) in [7, 11) is 1.67. The molecule has 0 amide bonds. The quantitative estimate of drug-likeness (QED) is 0.649. The van der Waals surface area contributed by atoms with Crippen LogP contribution in [0, 0.1) is 5.41 Å². The zero-order valence-electron chi connectivity index (χ0n) is 11.1. The predicted octanol–water partition coefficient (Wildman–Crippen LogP) is 0.724. The Morgan fingerprint density at radius 1 is 1.19 bits per heavy atom. The maximum Gasteiger partial charge on any atom is 0.0600 e. The zero-order valence-corrected chi connectivity index (χ0v) is 11.1. The third kappa shape index (κ3) is 7.17. The zero-order chi connectivity index (χ0) is 12.6. The van der Waals surface area contributed by atoms with Crippen molar-refractivity contribution in [2.45, 2.75) is 33.3 Å².